The van der Waals surface area contributed by atoms with Gasteiger partial charge in [-0.15, -0.1) is 12.4 Å². The largest absolute Gasteiger partial charge is 0.487 e. The van der Waals surface area contributed by atoms with E-state index < -0.39 is 0 Å². The number of esters is 1. The maximum atomic E-state index is 11.5. The summed E-state index contributed by atoms with van der Waals surface area (Å²) in [5.41, 5.74) is 2.15. The standard InChI is InChI=1S/C18H18ClNO3.ClH/c1-22-18(21)16-10-14(11-20-16)23-17-8-7-13(9-15(17)19)12-5-3-2-4-6-12;/h2-9,14,16,20H,10-11H2,1H3;1H. The number of nitrogens with one attached hydrogen (secondary N) is 1. The molecule has 1 N–H and O–H groups in total. The predicted octanol–water partition coefficient (Wildman–Crippen LogP) is 3.71. The molecule has 0 bridgehead atoms. The van der Waals surface area contributed by atoms with Gasteiger partial charge >= 0.3 is 5.97 Å². The minimum atomic E-state index is -0.313. The Bertz CT molecular complexity index is 694. The zero-order valence-electron chi connectivity index (χ0n) is 13.2. The number of benzene rings is 2. The minimum Gasteiger partial charge on any atom is -0.487 e. The van der Waals surface area contributed by atoms with Crippen molar-refractivity contribution in [2.45, 2.75) is 18.6 Å². The summed E-state index contributed by atoms with van der Waals surface area (Å²) < 4.78 is 10.7. The van der Waals surface area contributed by atoms with Gasteiger partial charge in [-0.2, -0.15) is 0 Å². The average Bonchev–Trinajstić information content (AvgIpc) is 3.05. The highest BCUT2D eigenvalue weighted by molar-refractivity contribution is 6.32. The number of ether oxygens (including phenoxy) is 2. The molecule has 2 aromatic rings. The van der Waals surface area contributed by atoms with Crippen LogP contribution in [0.5, 0.6) is 5.75 Å². The first-order valence-electron chi connectivity index (χ1n) is 7.50. The lowest BCUT2D eigenvalue weighted by molar-refractivity contribution is -0.142. The van der Waals surface area contributed by atoms with E-state index in [2.05, 4.69) is 5.32 Å². The van der Waals surface area contributed by atoms with E-state index in [-0.39, 0.29) is 30.5 Å². The molecule has 3 rings (SSSR count). The second-order valence-corrected chi connectivity index (χ2v) is 5.88. The van der Waals surface area contributed by atoms with Gasteiger partial charge in [-0.3, -0.25) is 4.79 Å². The number of methoxy groups -OCH3 is 1. The molecule has 2 aromatic carbocycles. The fourth-order valence-corrected chi connectivity index (χ4v) is 2.93. The SMILES string of the molecule is COC(=O)C1CC(Oc2ccc(-c3ccccc3)cc2Cl)CN1.Cl. The molecule has 1 saturated heterocycles. The summed E-state index contributed by atoms with van der Waals surface area (Å²) >= 11 is 6.35. The lowest BCUT2D eigenvalue weighted by Gasteiger charge is -2.15. The molecule has 4 nitrogen and oxygen atoms in total. The Balaban J connectivity index is 0.00000208. The molecule has 1 aliphatic rings. The quantitative estimate of drug-likeness (QED) is 0.836. The smallest absolute Gasteiger partial charge is 0.323 e. The van der Waals surface area contributed by atoms with Gasteiger partial charge < -0.3 is 14.8 Å². The fourth-order valence-electron chi connectivity index (χ4n) is 2.70. The van der Waals surface area contributed by atoms with Crippen molar-refractivity contribution >= 4 is 30.0 Å². The highest BCUT2D eigenvalue weighted by Gasteiger charge is 2.31. The number of halogens is 2. The first-order valence-corrected chi connectivity index (χ1v) is 7.88. The summed E-state index contributed by atoms with van der Waals surface area (Å²) in [5.74, 6) is 0.366. The van der Waals surface area contributed by atoms with Gasteiger partial charge in [0.15, 0.2) is 0 Å². The molecular weight excluding hydrogens is 349 g/mol. The lowest BCUT2D eigenvalue weighted by atomic mass is 10.1. The van der Waals surface area contributed by atoms with Crippen molar-refractivity contribution in [1.29, 1.82) is 0 Å². The number of rotatable bonds is 4. The monoisotopic (exact) mass is 367 g/mol. The number of carbonyl (C=O) groups excluding carboxylic acids is 1. The Morgan fingerprint density at radius 2 is 1.92 bits per heavy atom. The van der Waals surface area contributed by atoms with E-state index in [0.717, 1.165) is 11.1 Å². The first-order chi connectivity index (χ1) is 11.2. The van der Waals surface area contributed by atoms with E-state index in [1.165, 1.54) is 7.11 Å². The highest BCUT2D eigenvalue weighted by Crippen LogP contribution is 2.31. The van der Waals surface area contributed by atoms with Crippen LogP contribution in [0.3, 0.4) is 0 Å². The molecule has 1 fully saturated rings. The first kappa shape index (κ1) is 18.6. The number of hydrogen-bond donors (Lipinski definition) is 1. The van der Waals surface area contributed by atoms with Gasteiger partial charge in [-0.05, 0) is 23.3 Å². The number of hydrogen-bond acceptors (Lipinski definition) is 4. The molecule has 0 aliphatic carbocycles. The van der Waals surface area contributed by atoms with Crippen LogP contribution >= 0.6 is 24.0 Å². The topological polar surface area (TPSA) is 47.6 Å². The summed E-state index contributed by atoms with van der Waals surface area (Å²) in [6, 6.07) is 15.5. The van der Waals surface area contributed by atoms with Gasteiger partial charge in [0.05, 0.1) is 12.1 Å². The second-order valence-electron chi connectivity index (χ2n) is 5.47. The van der Waals surface area contributed by atoms with E-state index in [9.17, 15) is 4.79 Å². The summed E-state index contributed by atoms with van der Waals surface area (Å²) in [6.07, 6.45) is 0.475. The molecule has 6 heteroatoms. The Hall–Kier alpha value is -1.75. The maximum Gasteiger partial charge on any atom is 0.323 e. The molecule has 2 atom stereocenters. The molecule has 2 unspecified atom stereocenters. The third-order valence-corrected chi connectivity index (χ3v) is 4.20. The van der Waals surface area contributed by atoms with Crippen molar-refractivity contribution in [1.82, 2.24) is 5.32 Å². The average molecular weight is 368 g/mol. The molecule has 0 saturated carbocycles. The van der Waals surface area contributed by atoms with E-state index >= 15 is 0 Å². The van der Waals surface area contributed by atoms with Crippen LogP contribution < -0.4 is 10.1 Å². The van der Waals surface area contributed by atoms with Crippen molar-refractivity contribution < 1.29 is 14.3 Å². The minimum absolute atomic E-state index is 0. The molecule has 1 heterocycles. The van der Waals surface area contributed by atoms with Crippen LogP contribution in [0.4, 0.5) is 0 Å². The lowest BCUT2D eigenvalue weighted by Crippen LogP contribution is -2.31. The molecule has 0 spiro atoms. The van der Waals surface area contributed by atoms with Crippen LogP contribution in [0, 0.1) is 0 Å². The van der Waals surface area contributed by atoms with Crippen molar-refractivity contribution in [3.8, 4) is 16.9 Å². The van der Waals surface area contributed by atoms with Gasteiger partial charge in [0.2, 0.25) is 0 Å². The highest BCUT2D eigenvalue weighted by atomic mass is 35.5. The zero-order valence-corrected chi connectivity index (χ0v) is 14.8. The van der Waals surface area contributed by atoms with Crippen LogP contribution in [0.2, 0.25) is 5.02 Å². The zero-order chi connectivity index (χ0) is 16.2. The van der Waals surface area contributed by atoms with E-state index in [1.807, 2.05) is 48.5 Å². The molecule has 0 radical (unpaired) electrons. The van der Waals surface area contributed by atoms with Crippen LogP contribution in [0.1, 0.15) is 6.42 Å². The summed E-state index contributed by atoms with van der Waals surface area (Å²) in [7, 11) is 1.39. The molecule has 1 aliphatic heterocycles. The fraction of sp³-hybridized carbons (Fsp3) is 0.278. The summed E-state index contributed by atoms with van der Waals surface area (Å²) in [6.45, 7) is 0.594. The van der Waals surface area contributed by atoms with Crippen LogP contribution in [-0.2, 0) is 9.53 Å². The second kappa shape index (κ2) is 8.38. The Labute approximate surface area is 152 Å². The predicted molar refractivity (Wildman–Crippen MR) is 97.0 cm³/mol. The number of carbonyl (C=O) groups is 1. The molecule has 0 aromatic heterocycles. The van der Waals surface area contributed by atoms with Gasteiger partial charge in [-0.25, -0.2) is 0 Å². The van der Waals surface area contributed by atoms with Gasteiger partial charge in [-0.1, -0.05) is 48.0 Å². The molecule has 128 valence electrons. The van der Waals surface area contributed by atoms with Gasteiger partial charge in [0.25, 0.3) is 0 Å². The van der Waals surface area contributed by atoms with Crippen molar-refractivity contribution in [3.05, 3.63) is 53.6 Å². The Morgan fingerprint density at radius 3 is 2.58 bits per heavy atom. The van der Waals surface area contributed by atoms with Gasteiger partial charge in [0, 0.05) is 13.0 Å². The van der Waals surface area contributed by atoms with E-state index in [1.54, 1.807) is 0 Å². The van der Waals surface area contributed by atoms with Crippen molar-refractivity contribution in [3.63, 3.8) is 0 Å². The van der Waals surface area contributed by atoms with Crippen molar-refractivity contribution in [2.75, 3.05) is 13.7 Å². The maximum absolute atomic E-state index is 11.5. The molecule has 0 amide bonds. The van der Waals surface area contributed by atoms with Gasteiger partial charge in [0.1, 0.15) is 17.9 Å². The van der Waals surface area contributed by atoms with E-state index in [4.69, 9.17) is 21.1 Å². The Morgan fingerprint density at radius 1 is 1.17 bits per heavy atom. The molecule has 24 heavy (non-hydrogen) atoms. The van der Waals surface area contributed by atoms with Crippen LogP contribution in [-0.4, -0.2) is 31.8 Å². The van der Waals surface area contributed by atoms with Crippen LogP contribution in [0.15, 0.2) is 48.5 Å². The third kappa shape index (κ3) is 4.20. The third-order valence-electron chi connectivity index (χ3n) is 3.91. The van der Waals surface area contributed by atoms with Crippen LogP contribution in [0.25, 0.3) is 11.1 Å². The molecular formula is C18H19Cl2NO3. The summed E-state index contributed by atoms with van der Waals surface area (Å²) in [4.78, 5) is 11.5. The van der Waals surface area contributed by atoms with Crippen molar-refractivity contribution in [2.24, 2.45) is 0 Å². The Kier molecular flexibility index (Phi) is 6.49. The normalized spacial score (nSPS) is 19.4. The van der Waals surface area contributed by atoms with E-state index in [0.29, 0.717) is 23.7 Å². The summed E-state index contributed by atoms with van der Waals surface area (Å²) in [5, 5.41) is 3.65.